The van der Waals surface area contributed by atoms with Gasteiger partial charge in [-0.25, -0.2) is 4.39 Å². The molecule has 1 heterocycles. The Morgan fingerprint density at radius 1 is 1.47 bits per heavy atom. The van der Waals surface area contributed by atoms with Gasteiger partial charge in [-0.2, -0.15) is 4.98 Å². The number of aryl methyl sites for hydroxylation is 1. The Morgan fingerprint density at radius 2 is 2.27 bits per heavy atom. The third kappa shape index (κ3) is 1.87. The minimum atomic E-state index is -0.279. The molecule has 0 atom stereocenters. The van der Waals surface area contributed by atoms with Gasteiger partial charge in [-0.15, -0.1) is 0 Å². The molecule has 0 aliphatic carbocycles. The summed E-state index contributed by atoms with van der Waals surface area (Å²) in [5, 5.41) is 3.76. The highest BCUT2D eigenvalue weighted by Crippen LogP contribution is 2.20. The summed E-state index contributed by atoms with van der Waals surface area (Å²) in [7, 11) is 0. The molecule has 1 aromatic heterocycles. The van der Waals surface area contributed by atoms with E-state index in [1.54, 1.807) is 13.0 Å². The van der Waals surface area contributed by atoms with Crippen molar-refractivity contribution in [2.75, 3.05) is 0 Å². The first kappa shape index (κ1) is 9.79. The van der Waals surface area contributed by atoms with Gasteiger partial charge in [0.1, 0.15) is 5.82 Å². The Bertz CT molecular complexity index is 481. The van der Waals surface area contributed by atoms with Crippen LogP contribution in [0.3, 0.4) is 0 Å². The second-order valence-corrected chi connectivity index (χ2v) is 3.18. The van der Waals surface area contributed by atoms with E-state index in [1.165, 1.54) is 12.1 Å². The number of rotatable bonds is 2. The fraction of sp³-hybridized carbons (Fsp3) is 0.200. The monoisotopic (exact) mass is 207 g/mol. The summed E-state index contributed by atoms with van der Waals surface area (Å²) in [4.78, 5) is 4.06. The molecule has 15 heavy (non-hydrogen) atoms. The predicted octanol–water partition coefficient (Wildman–Crippen LogP) is 1.64. The highest BCUT2D eigenvalue weighted by Gasteiger charge is 2.09. The zero-order valence-corrected chi connectivity index (χ0v) is 8.20. The number of aromatic nitrogens is 2. The van der Waals surface area contributed by atoms with E-state index >= 15 is 0 Å². The number of hydrogen-bond acceptors (Lipinski definition) is 4. The van der Waals surface area contributed by atoms with Crippen LogP contribution in [0.5, 0.6) is 0 Å². The number of halogens is 1. The molecule has 1 aromatic carbocycles. The molecule has 4 nitrogen and oxygen atoms in total. The topological polar surface area (TPSA) is 64.9 Å². The van der Waals surface area contributed by atoms with Crippen molar-refractivity contribution in [2.45, 2.75) is 13.5 Å². The molecule has 0 bridgehead atoms. The predicted molar refractivity (Wildman–Crippen MR) is 52.3 cm³/mol. The normalized spacial score (nSPS) is 10.6. The maximum atomic E-state index is 12.9. The van der Waals surface area contributed by atoms with Gasteiger partial charge in [-0.05, 0) is 30.7 Å². The summed E-state index contributed by atoms with van der Waals surface area (Å²) in [5.74, 6) is 0.528. The van der Waals surface area contributed by atoms with Crippen LogP contribution in [0.25, 0.3) is 11.4 Å². The molecular weight excluding hydrogens is 197 g/mol. The lowest BCUT2D eigenvalue weighted by Gasteiger charge is -1.99. The quantitative estimate of drug-likeness (QED) is 0.813. The van der Waals surface area contributed by atoms with Gasteiger partial charge in [-0.3, -0.25) is 0 Å². The van der Waals surface area contributed by atoms with Crippen LogP contribution >= 0.6 is 0 Å². The lowest BCUT2D eigenvalue weighted by molar-refractivity contribution is 0.380. The van der Waals surface area contributed by atoms with Crippen molar-refractivity contribution in [2.24, 2.45) is 5.73 Å². The first-order valence-electron chi connectivity index (χ1n) is 4.50. The number of nitrogens with zero attached hydrogens (tertiary/aromatic N) is 2. The first-order chi connectivity index (χ1) is 7.20. The van der Waals surface area contributed by atoms with Gasteiger partial charge in [0.05, 0.1) is 6.54 Å². The van der Waals surface area contributed by atoms with Gasteiger partial charge in [0.2, 0.25) is 11.7 Å². The average molecular weight is 207 g/mol. The largest absolute Gasteiger partial charge is 0.338 e. The molecule has 0 spiro atoms. The molecule has 0 unspecified atom stereocenters. The smallest absolute Gasteiger partial charge is 0.240 e. The van der Waals surface area contributed by atoms with E-state index in [1.807, 2.05) is 0 Å². The Labute approximate surface area is 85.9 Å². The molecule has 0 amide bonds. The second kappa shape index (κ2) is 3.78. The molecule has 0 fully saturated rings. The summed E-state index contributed by atoms with van der Waals surface area (Å²) < 4.78 is 17.7. The van der Waals surface area contributed by atoms with Crippen molar-refractivity contribution in [3.8, 4) is 11.4 Å². The van der Waals surface area contributed by atoms with E-state index < -0.39 is 0 Å². The van der Waals surface area contributed by atoms with E-state index in [4.69, 9.17) is 10.3 Å². The van der Waals surface area contributed by atoms with Crippen molar-refractivity contribution >= 4 is 0 Å². The standard InChI is InChI=1S/C10H10FN3O/c1-6-4-7(11)2-3-8(6)10-13-9(5-12)15-14-10/h2-4H,5,12H2,1H3. The zero-order chi connectivity index (χ0) is 10.8. The van der Waals surface area contributed by atoms with Crippen LogP contribution in [-0.4, -0.2) is 10.1 Å². The summed E-state index contributed by atoms with van der Waals surface area (Å²) in [6.45, 7) is 1.99. The van der Waals surface area contributed by atoms with Crippen LogP contribution in [0.2, 0.25) is 0 Å². The lowest BCUT2D eigenvalue weighted by atomic mass is 10.1. The molecular formula is C10H10FN3O. The van der Waals surface area contributed by atoms with Crippen LogP contribution in [0, 0.1) is 12.7 Å². The molecule has 0 radical (unpaired) electrons. The van der Waals surface area contributed by atoms with Crippen molar-refractivity contribution in [3.63, 3.8) is 0 Å². The van der Waals surface area contributed by atoms with E-state index in [0.29, 0.717) is 11.7 Å². The maximum Gasteiger partial charge on any atom is 0.240 e. The number of hydrogen-bond donors (Lipinski definition) is 1. The molecule has 2 N–H and O–H groups in total. The third-order valence-electron chi connectivity index (χ3n) is 2.07. The van der Waals surface area contributed by atoms with Crippen molar-refractivity contribution in [1.82, 2.24) is 10.1 Å². The number of nitrogens with two attached hydrogens (primary N) is 1. The van der Waals surface area contributed by atoms with Gasteiger partial charge in [0.25, 0.3) is 0 Å². The summed E-state index contributed by atoms with van der Waals surface area (Å²) in [6, 6.07) is 4.41. The molecule has 0 saturated carbocycles. The second-order valence-electron chi connectivity index (χ2n) is 3.18. The van der Waals surface area contributed by atoms with Crippen LogP contribution in [0.15, 0.2) is 22.7 Å². The Morgan fingerprint density at radius 3 is 2.87 bits per heavy atom. The lowest BCUT2D eigenvalue weighted by Crippen LogP contribution is -1.96. The van der Waals surface area contributed by atoms with Crippen LogP contribution in [0.4, 0.5) is 4.39 Å². The Balaban J connectivity index is 2.44. The summed E-state index contributed by atoms with van der Waals surface area (Å²) in [5.41, 5.74) is 6.86. The van der Waals surface area contributed by atoms with Gasteiger partial charge >= 0.3 is 0 Å². The molecule has 0 aliphatic rings. The molecule has 5 heteroatoms. The fourth-order valence-electron chi connectivity index (χ4n) is 1.33. The Kier molecular flexibility index (Phi) is 2.47. The van der Waals surface area contributed by atoms with E-state index in [0.717, 1.165) is 11.1 Å². The fourth-order valence-corrected chi connectivity index (χ4v) is 1.33. The van der Waals surface area contributed by atoms with E-state index in [9.17, 15) is 4.39 Å². The molecule has 78 valence electrons. The molecule has 2 rings (SSSR count). The summed E-state index contributed by atoms with van der Waals surface area (Å²) in [6.07, 6.45) is 0. The minimum Gasteiger partial charge on any atom is -0.338 e. The Hall–Kier alpha value is -1.75. The third-order valence-corrected chi connectivity index (χ3v) is 2.07. The van der Waals surface area contributed by atoms with Crippen LogP contribution < -0.4 is 5.73 Å². The van der Waals surface area contributed by atoms with Crippen LogP contribution in [0.1, 0.15) is 11.5 Å². The van der Waals surface area contributed by atoms with Gasteiger partial charge < -0.3 is 10.3 Å². The van der Waals surface area contributed by atoms with E-state index in [-0.39, 0.29) is 12.4 Å². The molecule has 0 saturated heterocycles. The minimum absolute atomic E-state index is 0.202. The van der Waals surface area contributed by atoms with Gasteiger partial charge in [0, 0.05) is 5.56 Å². The highest BCUT2D eigenvalue weighted by molar-refractivity contribution is 5.59. The van der Waals surface area contributed by atoms with Crippen LogP contribution in [-0.2, 0) is 6.54 Å². The average Bonchev–Trinajstić information content (AvgIpc) is 2.66. The highest BCUT2D eigenvalue weighted by atomic mass is 19.1. The SMILES string of the molecule is Cc1cc(F)ccc1-c1noc(CN)n1. The van der Waals surface area contributed by atoms with Gasteiger partial charge in [-0.1, -0.05) is 5.16 Å². The first-order valence-corrected chi connectivity index (χ1v) is 4.50. The summed E-state index contributed by atoms with van der Waals surface area (Å²) >= 11 is 0. The number of benzene rings is 1. The van der Waals surface area contributed by atoms with Crippen molar-refractivity contribution < 1.29 is 8.91 Å². The van der Waals surface area contributed by atoms with E-state index in [2.05, 4.69) is 10.1 Å². The van der Waals surface area contributed by atoms with Crippen molar-refractivity contribution in [1.29, 1.82) is 0 Å². The molecule has 2 aromatic rings. The van der Waals surface area contributed by atoms with Crippen molar-refractivity contribution in [3.05, 3.63) is 35.5 Å². The van der Waals surface area contributed by atoms with Gasteiger partial charge in [0.15, 0.2) is 0 Å². The maximum absolute atomic E-state index is 12.9. The molecule has 0 aliphatic heterocycles. The zero-order valence-electron chi connectivity index (χ0n) is 8.20.